The van der Waals surface area contributed by atoms with E-state index >= 15 is 0 Å². The Morgan fingerprint density at radius 3 is 2.13 bits per heavy atom. The van der Waals surface area contributed by atoms with E-state index < -0.39 is 22.5 Å². The average Bonchev–Trinajstić information content (AvgIpc) is 2.66. The van der Waals surface area contributed by atoms with Crippen LogP contribution in [0.2, 0.25) is 0 Å². The van der Waals surface area contributed by atoms with Crippen molar-refractivity contribution in [3.8, 4) is 5.75 Å². The molecule has 1 N–H and O–H groups in total. The number of hydrogen-bond donors (Lipinski definition) is 1. The van der Waals surface area contributed by atoms with Gasteiger partial charge >= 0.3 is 5.97 Å². The molecule has 0 aliphatic rings. The standard InChI is InChI=1S/C21H26N2O6S/c1-5-28-19-10-8-18(9-11-19)23(14-21(25)29-15(2)3)30(26,27)20-12-6-17(7-13-20)22-16(4)24/h6-13,15H,5,14H2,1-4H3,(H,22,24). The number of hydrogen-bond acceptors (Lipinski definition) is 6. The number of sulfonamides is 1. The van der Waals surface area contributed by atoms with Gasteiger partial charge in [-0.1, -0.05) is 0 Å². The number of amides is 1. The van der Waals surface area contributed by atoms with Gasteiger partial charge in [0, 0.05) is 12.6 Å². The number of carbonyl (C=O) groups excluding carboxylic acids is 2. The van der Waals surface area contributed by atoms with Crippen LogP contribution in [0.3, 0.4) is 0 Å². The molecule has 0 aliphatic heterocycles. The Hall–Kier alpha value is -3.07. The van der Waals surface area contributed by atoms with Crippen LogP contribution in [-0.4, -0.2) is 39.5 Å². The zero-order valence-electron chi connectivity index (χ0n) is 17.4. The van der Waals surface area contributed by atoms with Gasteiger partial charge < -0.3 is 14.8 Å². The zero-order valence-corrected chi connectivity index (χ0v) is 18.2. The van der Waals surface area contributed by atoms with E-state index in [9.17, 15) is 18.0 Å². The van der Waals surface area contributed by atoms with Crippen molar-refractivity contribution in [1.29, 1.82) is 0 Å². The van der Waals surface area contributed by atoms with Crippen LogP contribution in [0.5, 0.6) is 5.75 Å². The van der Waals surface area contributed by atoms with E-state index in [0.29, 0.717) is 23.7 Å². The predicted molar refractivity (Wildman–Crippen MR) is 114 cm³/mol. The third kappa shape index (κ3) is 6.21. The fourth-order valence-electron chi connectivity index (χ4n) is 2.65. The number of ether oxygens (including phenoxy) is 2. The Morgan fingerprint density at radius 2 is 1.63 bits per heavy atom. The third-order valence-corrected chi connectivity index (χ3v) is 5.63. The largest absolute Gasteiger partial charge is 0.494 e. The minimum absolute atomic E-state index is 0.0252. The van der Waals surface area contributed by atoms with Crippen LogP contribution >= 0.6 is 0 Å². The highest BCUT2D eigenvalue weighted by Gasteiger charge is 2.28. The summed E-state index contributed by atoms with van der Waals surface area (Å²) >= 11 is 0. The van der Waals surface area contributed by atoms with Gasteiger partial charge in [0.15, 0.2) is 0 Å². The van der Waals surface area contributed by atoms with Crippen LogP contribution < -0.4 is 14.4 Å². The second-order valence-corrected chi connectivity index (χ2v) is 8.55. The number of esters is 1. The van der Waals surface area contributed by atoms with E-state index in [4.69, 9.17) is 9.47 Å². The minimum atomic E-state index is -4.08. The summed E-state index contributed by atoms with van der Waals surface area (Å²) in [5, 5.41) is 2.58. The average molecular weight is 435 g/mol. The normalized spacial score (nSPS) is 11.1. The molecule has 2 rings (SSSR count). The second-order valence-electron chi connectivity index (χ2n) is 6.68. The molecule has 1 amide bonds. The lowest BCUT2D eigenvalue weighted by Crippen LogP contribution is -2.37. The number of anilines is 2. The van der Waals surface area contributed by atoms with Crippen LogP contribution in [0.1, 0.15) is 27.7 Å². The van der Waals surface area contributed by atoms with Crippen LogP contribution in [0, 0.1) is 0 Å². The molecular weight excluding hydrogens is 408 g/mol. The molecule has 2 aromatic carbocycles. The summed E-state index contributed by atoms with van der Waals surface area (Å²) in [4.78, 5) is 23.4. The van der Waals surface area contributed by atoms with Gasteiger partial charge in [-0.3, -0.25) is 13.9 Å². The maximum absolute atomic E-state index is 13.3. The highest BCUT2D eigenvalue weighted by atomic mass is 32.2. The van der Waals surface area contributed by atoms with Gasteiger partial charge in [-0.25, -0.2) is 8.42 Å². The molecule has 162 valence electrons. The maximum Gasteiger partial charge on any atom is 0.327 e. The van der Waals surface area contributed by atoms with Crippen LogP contribution in [0.4, 0.5) is 11.4 Å². The summed E-state index contributed by atoms with van der Waals surface area (Å²) < 4.78 is 38.1. The van der Waals surface area contributed by atoms with Gasteiger partial charge in [0.25, 0.3) is 10.0 Å². The summed E-state index contributed by atoms with van der Waals surface area (Å²) in [6.45, 7) is 6.57. The van der Waals surface area contributed by atoms with E-state index in [2.05, 4.69) is 5.32 Å². The number of nitrogens with one attached hydrogen (secondary N) is 1. The number of rotatable bonds is 9. The van der Waals surface area contributed by atoms with E-state index in [1.807, 2.05) is 6.92 Å². The van der Waals surface area contributed by atoms with Crippen molar-refractivity contribution in [1.82, 2.24) is 0 Å². The molecule has 0 spiro atoms. The number of benzene rings is 2. The zero-order chi connectivity index (χ0) is 22.3. The Labute approximate surface area is 176 Å². The first-order valence-corrected chi connectivity index (χ1v) is 10.9. The topological polar surface area (TPSA) is 102 Å². The summed E-state index contributed by atoms with van der Waals surface area (Å²) in [7, 11) is -4.08. The van der Waals surface area contributed by atoms with E-state index in [1.165, 1.54) is 31.2 Å². The Bertz CT molecular complexity index is 970. The van der Waals surface area contributed by atoms with Gasteiger partial charge in [-0.2, -0.15) is 0 Å². The summed E-state index contributed by atoms with van der Waals surface area (Å²) in [5.41, 5.74) is 0.762. The highest BCUT2D eigenvalue weighted by Crippen LogP contribution is 2.27. The molecule has 0 radical (unpaired) electrons. The molecule has 0 saturated heterocycles. The Kier molecular flexibility index (Phi) is 7.82. The lowest BCUT2D eigenvalue weighted by atomic mass is 10.3. The van der Waals surface area contributed by atoms with Gasteiger partial charge in [-0.15, -0.1) is 0 Å². The fraction of sp³-hybridized carbons (Fsp3) is 0.333. The fourth-order valence-corrected chi connectivity index (χ4v) is 4.06. The molecular formula is C21H26N2O6S. The van der Waals surface area contributed by atoms with Gasteiger partial charge in [0.2, 0.25) is 5.91 Å². The molecule has 0 aromatic heterocycles. The van der Waals surface area contributed by atoms with E-state index in [1.54, 1.807) is 38.1 Å². The molecule has 0 atom stereocenters. The monoisotopic (exact) mass is 434 g/mol. The molecule has 2 aromatic rings. The molecule has 30 heavy (non-hydrogen) atoms. The molecule has 0 unspecified atom stereocenters. The first kappa shape index (κ1) is 23.2. The van der Waals surface area contributed by atoms with Crippen LogP contribution in [0.25, 0.3) is 0 Å². The van der Waals surface area contributed by atoms with Crippen molar-refractivity contribution >= 4 is 33.3 Å². The molecule has 9 heteroatoms. The molecule has 0 heterocycles. The maximum atomic E-state index is 13.3. The number of carbonyl (C=O) groups is 2. The van der Waals surface area contributed by atoms with Crippen LogP contribution in [-0.2, 0) is 24.3 Å². The molecule has 8 nitrogen and oxygen atoms in total. The highest BCUT2D eigenvalue weighted by molar-refractivity contribution is 7.92. The molecule has 0 fully saturated rings. The molecule has 0 saturated carbocycles. The van der Waals surface area contributed by atoms with Gasteiger partial charge in [-0.05, 0) is 69.3 Å². The lowest BCUT2D eigenvalue weighted by molar-refractivity contribution is -0.145. The van der Waals surface area contributed by atoms with E-state index in [-0.39, 0.29) is 16.9 Å². The first-order valence-electron chi connectivity index (χ1n) is 9.46. The minimum Gasteiger partial charge on any atom is -0.494 e. The van der Waals surface area contributed by atoms with Crippen molar-refractivity contribution in [2.75, 3.05) is 22.8 Å². The first-order chi connectivity index (χ1) is 14.1. The smallest absolute Gasteiger partial charge is 0.327 e. The Balaban J connectivity index is 2.40. The summed E-state index contributed by atoms with van der Waals surface area (Å²) in [6.07, 6.45) is -0.376. The van der Waals surface area contributed by atoms with Crippen LogP contribution in [0.15, 0.2) is 53.4 Å². The van der Waals surface area contributed by atoms with Crippen molar-refractivity contribution < 1.29 is 27.5 Å². The third-order valence-electron chi connectivity index (χ3n) is 3.84. The lowest BCUT2D eigenvalue weighted by Gasteiger charge is -2.24. The quantitative estimate of drug-likeness (QED) is 0.608. The van der Waals surface area contributed by atoms with Gasteiger partial charge in [0.05, 0.1) is 23.3 Å². The van der Waals surface area contributed by atoms with Gasteiger partial charge in [0.1, 0.15) is 12.3 Å². The van der Waals surface area contributed by atoms with E-state index in [0.717, 1.165) is 4.31 Å². The van der Waals surface area contributed by atoms with Crippen molar-refractivity contribution in [3.05, 3.63) is 48.5 Å². The molecule has 0 aliphatic carbocycles. The second kappa shape index (κ2) is 10.1. The number of nitrogens with zero attached hydrogens (tertiary/aromatic N) is 1. The van der Waals surface area contributed by atoms with Crippen molar-refractivity contribution in [3.63, 3.8) is 0 Å². The summed E-state index contributed by atoms with van der Waals surface area (Å²) in [6, 6.07) is 12.1. The Morgan fingerprint density at radius 1 is 1.03 bits per heavy atom. The summed E-state index contributed by atoms with van der Waals surface area (Å²) in [5.74, 6) is -0.349. The molecule has 0 bridgehead atoms. The van der Waals surface area contributed by atoms with Crippen molar-refractivity contribution in [2.45, 2.75) is 38.7 Å². The van der Waals surface area contributed by atoms with Crippen molar-refractivity contribution in [2.24, 2.45) is 0 Å². The SMILES string of the molecule is CCOc1ccc(N(CC(=O)OC(C)C)S(=O)(=O)c2ccc(NC(C)=O)cc2)cc1. The predicted octanol–water partition coefficient (Wildman–Crippen LogP) is 3.19.